The van der Waals surface area contributed by atoms with Crippen molar-refractivity contribution < 1.29 is 20.1 Å². The van der Waals surface area contributed by atoms with E-state index in [9.17, 15) is 15.3 Å². The molecule has 28 heavy (non-hydrogen) atoms. The van der Waals surface area contributed by atoms with Crippen molar-refractivity contribution in [3.63, 3.8) is 0 Å². The van der Waals surface area contributed by atoms with E-state index < -0.39 is 0 Å². The van der Waals surface area contributed by atoms with Gasteiger partial charge >= 0.3 is 0 Å². The zero-order valence-electron chi connectivity index (χ0n) is 16.5. The standard InChI is InChI=1S/C23H29NO4/c1-4-17-9-20(12-25)23(21(10-17)13-26)28-15-19-7-5-18(6-8-19)11-24-22(14-27)16(2)3/h1,5-10,16,22,24-27H,11-15H2,2-3H3/t22-/m1/s1. The van der Waals surface area contributed by atoms with E-state index in [2.05, 4.69) is 25.1 Å². The summed E-state index contributed by atoms with van der Waals surface area (Å²) in [5, 5.41) is 31.9. The molecule has 150 valence electrons. The molecule has 0 saturated heterocycles. The Balaban J connectivity index is 2.03. The van der Waals surface area contributed by atoms with Crippen LogP contribution in [0, 0.1) is 18.3 Å². The largest absolute Gasteiger partial charge is 0.488 e. The quantitative estimate of drug-likeness (QED) is 0.474. The number of aliphatic hydroxyl groups excluding tert-OH is 3. The molecule has 0 bridgehead atoms. The normalized spacial score (nSPS) is 12.0. The van der Waals surface area contributed by atoms with Crippen LogP contribution in [-0.2, 0) is 26.4 Å². The predicted octanol–water partition coefficient (Wildman–Crippen LogP) is 2.34. The second-order valence-corrected chi connectivity index (χ2v) is 7.10. The Hall–Kier alpha value is -2.36. The zero-order valence-corrected chi connectivity index (χ0v) is 16.5. The van der Waals surface area contributed by atoms with Gasteiger partial charge in [-0.25, -0.2) is 0 Å². The smallest absolute Gasteiger partial charge is 0.130 e. The minimum absolute atomic E-state index is 0.0720. The van der Waals surface area contributed by atoms with Crippen molar-refractivity contribution in [2.24, 2.45) is 5.92 Å². The Labute approximate surface area is 167 Å². The van der Waals surface area contributed by atoms with Crippen LogP contribution in [0.15, 0.2) is 36.4 Å². The lowest BCUT2D eigenvalue weighted by Crippen LogP contribution is -2.36. The van der Waals surface area contributed by atoms with Crippen LogP contribution in [0.4, 0.5) is 0 Å². The summed E-state index contributed by atoms with van der Waals surface area (Å²) in [6.45, 7) is 4.82. The van der Waals surface area contributed by atoms with Crippen molar-refractivity contribution in [2.45, 2.75) is 46.3 Å². The first-order chi connectivity index (χ1) is 13.5. The maximum absolute atomic E-state index is 9.60. The van der Waals surface area contributed by atoms with E-state index >= 15 is 0 Å². The number of terminal acetylenes is 1. The first-order valence-electron chi connectivity index (χ1n) is 9.41. The minimum atomic E-state index is -0.218. The zero-order chi connectivity index (χ0) is 20.5. The van der Waals surface area contributed by atoms with Crippen molar-refractivity contribution in [3.8, 4) is 18.1 Å². The van der Waals surface area contributed by atoms with Crippen molar-refractivity contribution in [1.29, 1.82) is 0 Å². The molecule has 0 saturated carbocycles. The predicted molar refractivity (Wildman–Crippen MR) is 110 cm³/mol. The molecule has 0 aliphatic heterocycles. The maximum atomic E-state index is 9.60. The second kappa shape index (κ2) is 10.8. The van der Waals surface area contributed by atoms with E-state index in [-0.39, 0.29) is 25.9 Å². The monoisotopic (exact) mass is 383 g/mol. The maximum Gasteiger partial charge on any atom is 0.130 e. The van der Waals surface area contributed by atoms with Crippen LogP contribution in [0.2, 0.25) is 0 Å². The highest BCUT2D eigenvalue weighted by atomic mass is 16.5. The molecule has 0 spiro atoms. The van der Waals surface area contributed by atoms with Crippen LogP contribution >= 0.6 is 0 Å². The summed E-state index contributed by atoms with van der Waals surface area (Å²) in [4.78, 5) is 0. The van der Waals surface area contributed by atoms with E-state index in [0.29, 0.717) is 41.5 Å². The van der Waals surface area contributed by atoms with Gasteiger partial charge in [0.25, 0.3) is 0 Å². The van der Waals surface area contributed by atoms with Gasteiger partial charge in [0.1, 0.15) is 12.4 Å². The molecule has 0 aliphatic carbocycles. The number of benzene rings is 2. The molecule has 0 unspecified atom stereocenters. The molecule has 2 rings (SSSR count). The first kappa shape index (κ1) is 21.9. The van der Waals surface area contributed by atoms with Crippen LogP contribution in [0.25, 0.3) is 0 Å². The van der Waals surface area contributed by atoms with Crippen molar-refractivity contribution in [1.82, 2.24) is 5.32 Å². The molecule has 5 nitrogen and oxygen atoms in total. The average Bonchev–Trinajstić information content (AvgIpc) is 2.72. The second-order valence-electron chi connectivity index (χ2n) is 7.10. The highest BCUT2D eigenvalue weighted by molar-refractivity contribution is 5.49. The summed E-state index contributed by atoms with van der Waals surface area (Å²) in [7, 11) is 0. The third-order valence-electron chi connectivity index (χ3n) is 4.73. The molecule has 0 heterocycles. The molecule has 2 aromatic carbocycles. The molecule has 0 aliphatic rings. The number of hydrogen-bond donors (Lipinski definition) is 4. The van der Waals surface area contributed by atoms with Gasteiger partial charge < -0.3 is 25.4 Å². The molecule has 0 aromatic heterocycles. The third kappa shape index (κ3) is 5.82. The van der Waals surface area contributed by atoms with Crippen LogP contribution < -0.4 is 10.1 Å². The number of hydrogen-bond acceptors (Lipinski definition) is 5. The van der Waals surface area contributed by atoms with Crippen LogP contribution in [0.5, 0.6) is 5.75 Å². The first-order valence-corrected chi connectivity index (χ1v) is 9.41. The summed E-state index contributed by atoms with van der Waals surface area (Å²) in [6, 6.07) is 11.4. The average molecular weight is 383 g/mol. The highest BCUT2D eigenvalue weighted by Gasteiger charge is 2.12. The van der Waals surface area contributed by atoms with Gasteiger partial charge in [-0.2, -0.15) is 0 Å². The van der Waals surface area contributed by atoms with Gasteiger partial charge in [0.05, 0.1) is 19.8 Å². The van der Waals surface area contributed by atoms with Crippen LogP contribution in [0.1, 0.15) is 41.7 Å². The number of nitrogens with one attached hydrogen (secondary N) is 1. The molecule has 1 atom stereocenters. The van der Waals surface area contributed by atoms with Gasteiger partial charge in [0, 0.05) is 29.3 Å². The Morgan fingerprint density at radius 1 is 1.00 bits per heavy atom. The third-order valence-corrected chi connectivity index (χ3v) is 4.73. The Bertz CT molecular complexity index is 768. The summed E-state index contributed by atoms with van der Waals surface area (Å²) in [5.74, 6) is 3.35. The summed E-state index contributed by atoms with van der Waals surface area (Å²) >= 11 is 0. The molecule has 0 fully saturated rings. The topological polar surface area (TPSA) is 82.0 Å². The number of aliphatic hydroxyl groups is 3. The Morgan fingerprint density at radius 3 is 2.04 bits per heavy atom. The SMILES string of the molecule is C#Cc1cc(CO)c(OCc2ccc(CN[C@H](CO)C(C)C)cc2)c(CO)c1. The Kier molecular flexibility index (Phi) is 8.49. The summed E-state index contributed by atoms with van der Waals surface area (Å²) in [6.07, 6.45) is 5.42. The van der Waals surface area contributed by atoms with Gasteiger partial charge in [0.2, 0.25) is 0 Å². The van der Waals surface area contributed by atoms with Crippen molar-refractivity contribution in [2.75, 3.05) is 6.61 Å². The lowest BCUT2D eigenvalue weighted by Gasteiger charge is -2.20. The molecule has 2 aromatic rings. The highest BCUT2D eigenvalue weighted by Crippen LogP contribution is 2.27. The van der Waals surface area contributed by atoms with E-state index in [0.717, 1.165) is 11.1 Å². The summed E-state index contributed by atoms with van der Waals surface area (Å²) in [5.41, 5.74) is 3.81. The van der Waals surface area contributed by atoms with Gasteiger partial charge in [-0.15, -0.1) is 6.42 Å². The lowest BCUT2D eigenvalue weighted by molar-refractivity contribution is 0.210. The molecular formula is C23H29NO4. The minimum Gasteiger partial charge on any atom is -0.488 e. The molecule has 0 amide bonds. The number of ether oxygens (including phenoxy) is 1. The van der Waals surface area contributed by atoms with Gasteiger partial charge in [-0.1, -0.05) is 44.0 Å². The fourth-order valence-electron chi connectivity index (χ4n) is 2.93. The van der Waals surface area contributed by atoms with E-state index in [1.807, 2.05) is 24.3 Å². The lowest BCUT2D eigenvalue weighted by atomic mass is 10.0. The van der Waals surface area contributed by atoms with E-state index in [1.165, 1.54) is 0 Å². The van der Waals surface area contributed by atoms with Crippen LogP contribution in [0.3, 0.4) is 0 Å². The van der Waals surface area contributed by atoms with Gasteiger partial charge in [0.15, 0.2) is 0 Å². The van der Waals surface area contributed by atoms with E-state index in [1.54, 1.807) is 12.1 Å². The van der Waals surface area contributed by atoms with Gasteiger partial charge in [-0.05, 0) is 29.2 Å². The number of rotatable bonds is 10. The van der Waals surface area contributed by atoms with E-state index in [4.69, 9.17) is 11.2 Å². The molecule has 0 radical (unpaired) electrons. The van der Waals surface area contributed by atoms with Gasteiger partial charge in [-0.3, -0.25) is 0 Å². The molecular weight excluding hydrogens is 354 g/mol. The Morgan fingerprint density at radius 2 is 1.57 bits per heavy atom. The molecule has 5 heteroatoms. The van der Waals surface area contributed by atoms with Crippen molar-refractivity contribution in [3.05, 3.63) is 64.2 Å². The summed E-state index contributed by atoms with van der Waals surface area (Å²) < 4.78 is 5.89. The fourth-order valence-corrected chi connectivity index (χ4v) is 2.93. The fraction of sp³-hybridized carbons (Fsp3) is 0.391. The van der Waals surface area contributed by atoms with Crippen LogP contribution in [-0.4, -0.2) is 28.0 Å². The van der Waals surface area contributed by atoms with Crippen molar-refractivity contribution >= 4 is 0 Å². The molecule has 4 N–H and O–H groups in total.